The Balaban J connectivity index is 1.61. The van der Waals surface area contributed by atoms with Gasteiger partial charge in [-0.05, 0) is 48.4 Å². The van der Waals surface area contributed by atoms with Crippen molar-refractivity contribution in [1.82, 2.24) is 30.1 Å². The van der Waals surface area contributed by atoms with Crippen LogP contribution in [0, 0.1) is 6.92 Å². The molecular weight excluding hydrogens is 400 g/mol. The van der Waals surface area contributed by atoms with Gasteiger partial charge in [-0.2, -0.15) is 5.10 Å². The molecule has 0 radical (unpaired) electrons. The summed E-state index contributed by atoms with van der Waals surface area (Å²) in [6.45, 7) is 5.91. The number of nitrogens with one attached hydrogen (secondary N) is 2. The Morgan fingerprint density at radius 3 is 2.69 bits per heavy atom. The van der Waals surface area contributed by atoms with Crippen LogP contribution in [0.15, 0.2) is 80.0 Å². The van der Waals surface area contributed by atoms with Crippen molar-refractivity contribution in [2.75, 3.05) is 0 Å². The SMILES string of the molecule is C=C/C=C(/c1ccncc1)c1cc(-c2n[nH]c3cnc(-c4cncc(O)c4)cc23)[nH]c1C. The fourth-order valence-corrected chi connectivity index (χ4v) is 3.80. The first kappa shape index (κ1) is 19.4. The van der Waals surface area contributed by atoms with Crippen molar-refractivity contribution >= 4 is 16.5 Å². The number of aromatic hydroxyl groups is 1. The van der Waals surface area contributed by atoms with Gasteiger partial charge in [0, 0.05) is 40.8 Å². The Kier molecular flexibility index (Phi) is 4.84. The van der Waals surface area contributed by atoms with Crippen LogP contribution in [0.2, 0.25) is 0 Å². The second-order valence-corrected chi connectivity index (χ2v) is 7.39. The molecule has 0 bridgehead atoms. The Labute approximate surface area is 184 Å². The van der Waals surface area contributed by atoms with Gasteiger partial charge in [0.25, 0.3) is 0 Å². The summed E-state index contributed by atoms with van der Waals surface area (Å²) in [5.41, 5.74) is 8.13. The molecular formula is C25H20N6O. The average Bonchev–Trinajstić information content (AvgIpc) is 3.41. The summed E-state index contributed by atoms with van der Waals surface area (Å²) in [6, 6.07) is 9.64. The molecule has 5 aromatic rings. The van der Waals surface area contributed by atoms with Gasteiger partial charge in [0.1, 0.15) is 11.4 Å². The highest BCUT2D eigenvalue weighted by Gasteiger charge is 2.16. The van der Waals surface area contributed by atoms with Gasteiger partial charge in [-0.1, -0.05) is 18.7 Å². The lowest BCUT2D eigenvalue weighted by Crippen LogP contribution is -1.88. The van der Waals surface area contributed by atoms with E-state index in [1.165, 1.54) is 6.20 Å². The Bertz CT molecular complexity index is 1460. The van der Waals surface area contributed by atoms with E-state index in [1.54, 1.807) is 36.9 Å². The van der Waals surface area contributed by atoms with E-state index in [9.17, 15) is 5.11 Å². The Morgan fingerprint density at radius 2 is 1.91 bits per heavy atom. The van der Waals surface area contributed by atoms with E-state index in [0.717, 1.165) is 50.2 Å². The minimum atomic E-state index is 0.0964. The third-order valence-corrected chi connectivity index (χ3v) is 5.30. The van der Waals surface area contributed by atoms with Gasteiger partial charge in [0.15, 0.2) is 0 Å². The second kappa shape index (κ2) is 7.96. The number of allylic oxidation sites excluding steroid dienone is 2. The average molecular weight is 420 g/mol. The van der Waals surface area contributed by atoms with Crippen LogP contribution in [0.1, 0.15) is 16.8 Å². The van der Waals surface area contributed by atoms with Crippen LogP contribution in [0.4, 0.5) is 0 Å². The van der Waals surface area contributed by atoms with E-state index in [2.05, 4.69) is 42.8 Å². The molecule has 0 atom stereocenters. The predicted molar refractivity (Wildman–Crippen MR) is 125 cm³/mol. The third-order valence-electron chi connectivity index (χ3n) is 5.30. The van der Waals surface area contributed by atoms with Gasteiger partial charge in [0.2, 0.25) is 0 Å². The highest BCUT2D eigenvalue weighted by Crippen LogP contribution is 2.33. The zero-order chi connectivity index (χ0) is 22.1. The van der Waals surface area contributed by atoms with E-state index in [4.69, 9.17) is 0 Å². The van der Waals surface area contributed by atoms with Crippen LogP contribution in [0.25, 0.3) is 39.1 Å². The molecule has 0 aliphatic heterocycles. The summed E-state index contributed by atoms with van der Waals surface area (Å²) in [5.74, 6) is 0.0964. The molecule has 0 saturated heterocycles. The van der Waals surface area contributed by atoms with Crippen molar-refractivity contribution in [3.8, 4) is 28.4 Å². The summed E-state index contributed by atoms with van der Waals surface area (Å²) < 4.78 is 0. The number of rotatable bonds is 5. The minimum Gasteiger partial charge on any atom is -0.506 e. The molecule has 0 amide bonds. The van der Waals surface area contributed by atoms with Gasteiger partial charge in [0.05, 0.1) is 29.3 Å². The molecule has 0 spiro atoms. The molecule has 156 valence electrons. The lowest BCUT2D eigenvalue weighted by molar-refractivity contribution is 0.473. The molecule has 0 unspecified atom stereocenters. The molecule has 0 aliphatic rings. The van der Waals surface area contributed by atoms with Crippen molar-refractivity contribution in [1.29, 1.82) is 0 Å². The topological polar surface area (TPSA) is 103 Å². The van der Waals surface area contributed by atoms with E-state index in [0.29, 0.717) is 5.69 Å². The van der Waals surface area contributed by atoms with E-state index >= 15 is 0 Å². The molecule has 0 saturated carbocycles. The summed E-state index contributed by atoms with van der Waals surface area (Å²) in [6.07, 6.45) is 12.1. The van der Waals surface area contributed by atoms with E-state index < -0.39 is 0 Å². The van der Waals surface area contributed by atoms with Crippen LogP contribution in [-0.4, -0.2) is 35.2 Å². The largest absolute Gasteiger partial charge is 0.506 e. The smallest absolute Gasteiger partial charge is 0.134 e. The van der Waals surface area contributed by atoms with Gasteiger partial charge < -0.3 is 10.1 Å². The van der Waals surface area contributed by atoms with Crippen molar-refractivity contribution in [2.24, 2.45) is 0 Å². The molecule has 5 rings (SSSR count). The van der Waals surface area contributed by atoms with Crippen LogP contribution < -0.4 is 0 Å². The number of aromatic amines is 2. The van der Waals surface area contributed by atoms with Crippen LogP contribution in [0.3, 0.4) is 0 Å². The first-order valence-electron chi connectivity index (χ1n) is 10.1. The highest BCUT2D eigenvalue weighted by atomic mass is 16.3. The first-order chi connectivity index (χ1) is 15.6. The fourth-order valence-electron chi connectivity index (χ4n) is 3.80. The first-order valence-corrected chi connectivity index (χ1v) is 10.1. The van der Waals surface area contributed by atoms with Crippen LogP contribution in [-0.2, 0) is 0 Å². The maximum atomic E-state index is 9.77. The quantitative estimate of drug-likeness (QED) is 0.346. The zero-order valence-electron chi connectivity index (χ0n) is 17.4. The second-order valence-electron chi connectivity index (χ2n) is 7.39. The van der Waals surface area contributed by atoms with E-state index in [1.807, 2.05) is 31.2 Å². The summed E-state index contributed by atoms with van der Waals surface area (Å²) >= 11 is 0. The number of aryl methyl sites for hydroxylation is 1. The lowest BCUT2D eigenvalue weighted by atomic mass is 9.98. The molecule has 3 N–H and O–H groups in total. The molecule has 0 fully saturated rings. The number of H-pyrrole nitrogens is 2. The molecule has 0 aromatic carbocycles. The molecule has 7 nitrogen and oxygen atoms in total. The number of hydrogen-bond donors (Lipinski definition) is 3. The Hall–Kier alpha value is -4.52. The molecule has 7 heteroatoms. The summed E-state index contributed by atoms with van der Waals surface area (Å²) in [7, 11) is 0. The van der Waals surface area contributed by atoms with Crippen molar-refractivity contribution in [3.63, 3.8) is 0 Å². The van der Waals surface area contributed by atoms with Gasteiger partial charge in [-0.3, -0.25) is 20.1 Å². The monoisotopic (exact) mass is 420 g/mol. The molecule has 32 heavy (non-hydrogen) atoms. The summed E-state index contributed by atoms with van der Waals surface area (Å²) in [4.78, 5) is 16.1. The number of nitrogens with zero attached hydrogens (tertiary/aromatic N) is 4. The molecule has 0 aliphatic carbocycles. The normalized spacial score (nSPS) is 11.7. The Morgan fingerprint density at radius 1 is 1.06 bits per heavy atom. The van der Waals surface area contributed by atoms with Gasteiger partial charge >= 0.3 is 0 Å². The number of pyridine rings is 3. The molecule has 5 heterocycles. The zero-order valence-corrected chi connectivity index (χ0v) is 17.4. The number of hydrogen-bond acceptors (Lipinski definition) is 5. The van der Waals surface area contributed by atoms with E-state index in [-0.39, 0.29) is 5.75 Å². The van der Waals surface area contributed by atoms with Crippen LogP contribution in [0.5, 0.6) is 5.75 Å². The van der Waals surface area contributed by atoms with Crippen molar-refractivity contribution < 1.29 is 5.11 Å². The maximum Gasteiger partial charge on any atom is 0.134 e. The lowest BCUT2D eigenvalue weighted by Gasteiger charge is -2.06. The van der Waals surface area contributed by atoms with Gasteiger partial charge in [-0.15, -0.1) is 0 Å². The summed E-state index contributed by atoms with van der Waals surface area (Å²) in [5, 5.41) is 18.3. The highest BCUT2D eigenvalue weighted by molar-refractivity contribution is 5.95. The molecule has 5 aromatic heterocycles. The van der Waals surface area contributed by atoms with Gasteiger partial charge in [-0.25, -0.2) is 0 Å². The third kappa shape index (κ3) is 3.45. The number of aromatic nitrogens is 6. The van der Waals surface area contributed by atoms with Crippen molar-refractivity contribution in [3.05, 3.63) is 96.9 Å². The fraction of sp³-hybridized carbons (Fsp3) is 0.0400. The minimum absolute atomic E-state index is 0.0964. The number of fused-ring (bicyclic) bond motifs is 1. The standard InChI is InChI=1S/C25H20N6O/c1-3-4-19(16-5-7-26-8-6-16)20-10-23(29-15(20)2)25-21-11-22(28-14-24(21)30-31-25)17-9-18(32)13-27-12-17/h3-14,29,32H,1H2,2H3,(H,30,31)/b19-4-. The van der Waals surface area contributed by atoms with Crippen LogP contribution >= 0.6 is 0 Å². The maximum absolute atomic E-state index is 9.77. The predicted octanol–water partition coefficient (Wildman–Crippen LogP) is 5.04. The van der Waals surface area contributed by atoms with Crippen molar-refractivity contribution in [2.45, 2.75) is 6.92 Å².